The second kappa shape index (κ2) is 5.90. The number of hydrogen-bond acceptors (Lipinski definition) is 6. The maximum absolute atomic E-state index is 9.46. The average Bonchev–Trinajstić information content (AvgIpc) is 3.33. The highest BCUT2D eigenvalue weighted by Gasteiger charge is 2.20. The zero-order valence-electron chi connectivity index (χ0n) is 14.3. The van der Waals surface area contributed by atoms with Gasteiger partial charge in [0.05, 0.1) is 17.5 Å². The Bertz CT molecular complexity index is 1120. The molecule has 26 heavy (non-hydrogen) atoms. The maximum atomic E-state index is 9.46. The number of piperidine rings is 1. The molecule has 5 rings (SSSR count). The highest BCUT2D eigenvalue weighted by atomic mass is 32.1. The molecule has 1 aliphatic heterocycles. The van der Waals surface area contributed by atoms with Gasteiger partial charge in [0.2, 0.25) is 4.96 Å². The fourth-order valence-corrected chi connectivity index (χ4v) is 4.49. The highest BCUT2D eigenvalue weighted by Crippen LogP contribution is 2.32. The molecule has 0 unspecified atom stereocenters. The molecular weight excluding hydrogens is 346 g/mol. The fourth-order valence-electron chi connectivity index (χ4n) is 3.61. The second-order valence-electron chi connectivity index (χ2n) is 6.70. The minimum atomic E-state index is 0.519. The van der Waals surface area contributed by atoms with Crippen molar-refractivity contribution in [3.05, 3.63) is 35.8 Å². The topological polar surface area (TPSA) is 83.8 Å². The van der Waals surface area contributed by atoms with Gasteiger partial charge in [-0.1, -0.05) is 11.3 Å². The summed E-state index contributed by atoms with van der Waals surface area (Å²) in [5, 5.41) is 23.7. The van der Waals surface area contributed by atoms with E-state index in [1.165, 1.54) is 0 Å². The van der Waals surface area contributed by atoms with Gasteiger partial charge in [0.15, 0.2) is 0 Å². The minimum absolute atomic E-state index is 0.519. The van der Waals surface area contributed by atoms with Gasteiger partial charge in [-0.3, -0.25) is 4.68 Å². The van der Waals surface area contributed by atoms with Gasteiger partial charge in [0, 0.05) is 30.1 Å². The lowest BCUT2D eigenvalue weighted by Crippen LogP contribution is -2.26. The lowest BCUT2D eigenvalue weighted by Gasteiger charge is -2.20. The van der Waals surface area contributed by atoms with E-state index in [1.807, 2.05) is 29.9 Å². The normalized spacial score (nSPS) is 15.7. The summed E-state index contributed by atoms with van der Waals surface area (Å²) in [5.74, 6) is 0.519. The number of nitriles is 1. The van der Waals surface area contributed by atoms with Gasteiger partial charge in [-0.2, -0.15) is 15.5 Å². The lowest BCUT2D eigenvalue weighted by molar-refractivity contribution is 0.454. The van der Waals surface area contributed by atoms with Crippen LogP contribution in [0, 0.1) is 11.3 Å². The number of nitrogens with one attached hydrogen (secondary N) is 1. The summed E-state index contributed by atoms with van der Waals surface area (Å²) in [6, 6.07) is 6.15. The molecule has 1 saturated heterocycles. The second-order valence-corrected chi connectivity index (χ2v) is 7.66. The Morgan fingerprint density at radius 3 is 2.85 bits per heavy atom. The van der Waals surface area contributed by atoms with Crippen molar-refractivity contribution in [1.29, 1.82) is 5.26 Å². The van der Waals surface area contributed by atoms with Crippen LogP contribution in [0.1, 0.15) is 30.0 Å². The van der Waals surface area contributed by atoms with Crippen LogP contribution in [0.5, 0.6) is 0 Å². The lowest BCUT2D eigenvalue weighted by atomic mass is 9.95. The number of benzene rings is 1. The summed E-state index contributed by atoms with van der Waals surface area (Å²) in [6.07, 6.45) is 6.23. The standard InChI is InChI=1S/C18H17N7S/c1-24-9-14-7-12(6-13(8-19)16(14)22-24)17-23-25-10-15(21-18(25)26-17)11-2-4-20-5-3-11/h6-7,9-11,20H,2-5H2,1H3. The molecule has 4 aromatic rings. The first-order chi connectivity index (χ1) is 12.7. The van der Waals surface area contributed by atoms with E-state index in [4.69, 9.17) is 10.1 Å². The van der Waals surface area contributed by atoms with Crippen LogP contribution in [0.2, 0.25) is 0 Å². The molecule has 0 aliphatic carbocycles. The Morgan fingerprint density at radius 2 is 2.08 bits per heavy atom. The predicted molar refractivity (Wildman–Crippen MR) is 100 cm³/mol. The Kier molecular flexibility index (Phi) is 3.51. The first-order valence-corrected chi connectivity index (χ1v) is 9.47. The quantitative estimate of drug-likeness (QED) is 0.592. The van der Waals surface area contributed by atoms with Crippen LogP contribution in [0.25, 0.3) is 26.4 Å². The number of aryl methyl sites for hydroxylation is 1. The van der Waals surface area contributed by atoms with Gasteiger partial charge in [-0.25, -0.2) is 9.50 Å². The van der Waals surface area contributed by atoms with Crippen LogP contribution in [0.15, 0.2) is 24.5 Å². The summed E-state index contributed by atoms with van der Waals surface area (Å²) in [7, 11) is 1.86. The number of fused-ring (bicyclic) bond motifs is 2. The number of hydrogen-bond donors (Lipinski definition) is 1. The Labute approximate surface area is 153 Å². The SMILES string of the molecule is Cn1cc2cc(-c3nn4cc(C5CCNCC5)nc4s3)cc(C#N)c2n1. The van der Waals surface area contributed by atoms with E-state index in [2.05, 4.69) is 22.7 Å². The molecule has 1 aliphatic rings. The number of imidazole rings is 1. The Hall–Kier alpha value is -2.76. The monoisotopic (exact) mass is 363 g/mol. The van der Waals surface area contributed by atoms with E-state index >= 15 is 0 Å². The van der Waals surface area contributed by atoms with Crippen molar-refractivity contribution in [1.82, 2.24) is 29.7 Å². The van der Waals surface area contributed by atoms with Crippen molar-refractivity contribution >= 4 is 27.2 Å². The van der Waals surface area contributed by atoms with E-state index < -0.39 is 0 Å². The summed E-state index contributed by atoms with van der Waals surface area (Å²) >= 11 is 1.56. The van der Waals surface area contributed by atoms with Gasteiger partial charge < -0.3 is 5.32 Å². The largest absolute Gasteiger partial charge is 0.317 e. The third-order valence-corrected chi connectivity index (χ3v) is 5.88. The predicted octanol–water partition coefficient (Wildman–Crippen LogP) is 2.68. The van der Waals surface area contributed by atoms with E-state index in [1.54, 1.807) is 16.0 Å². The molecule has 3 aromatic heterocycles. The molecule has 0 radical (unpaired) electrons. The first-order valence-electron chi connectivity index (χ1n) is 8.66. The summed E-state index contributed by atoms with van der Waals surface area (Å²) in [5.41, 5.74) is 3.37. The minimum Gasteiger partial charge on any atom is -0.317 e. The Balaban J connectivity index is 1.55. The van der Waals surface area contributed by atoms with E-state index in [-0.39, 0.29) is 0 Å². The van der Waals surface area contributed by atoms with Crippen LogP contribution < -0.4 is 5.32 Å². The van der Waals surface area contributed by atoms with Gasteiger partial charge in [-0.05, 0) is 38.1 Å². The molecular formula is C18H17N7S. The fraction of sp³-hybridized carbons (Fsp3) is 0.333. The molecule has 1 fully saturated rings. The summed E-state index contributed by atoms with van der Waals surface area (Å²) < 4.78 is 3.60. The summed E-state index contributed by atoms with van der Waals surface area (Å²) in [6.45, 7) is 2.10. The van der Waals surface area contributed by atoms with Crippen LogP contribution in [-0.2, 0) is 7.05 Å². The summed E-state index contributed by atoms with van der Waals surface area (Å²) in [4.78, 5) is 5.70. The van der Waals surface area contributed by atoms with E-state index in [9.17, 15) is 5.26 Å². The van der Waals surface area contributed by atoms with Crippen molar-refractivity contribution in [3.63, 3.8) is 0 Å². The third kappa shape index (κ3) is 2.48. The average molecular weight is 363 g/mol. The van der Waals surface area contributed by atoms with Crippen molar-refractivity contribution in [2.75, 3.05) is 13.1 Å². The zero-order valence-corrected chi connectivity index (χ0v) is 15.1. The van der Waals surface area contributed by atoms with E-state index in [0.29, 0.717) is 11.5 Å². The molecule has 8 heteroatoms. The Morgan fingerprint density at radius 1 is 1.23 bits per heavy atom. The third-order valence-electron chi connectivity index (χ3n) is 4.91. The van der Waals surface area contributed by atoms with Crippen LogP contribution >= 0.6 is 11.3 Å². The van der Waals surface area contributed by atoms with Crippen molar-refractivity contribution in [2.24, 2.45) is 7.05 Å². The molecule has 130 valence electrons. The van der Waals surface area contributed by atoms with Crippen molar-refractivity contribution in [3.8, 4) is 16.6 Å². The first kappa shape index (κ1) is 15.5. The molecule has 0 amide bonds. The zero-order chi connectivity index (χ0) is 17.7. The highest BCUT2D eigenvalue weighted by molar-refractivity contribution is 7.19. The van der Waals surface area contributed by atoms with Gasteiger partial charge in [-0.15, -0.1) is 0 Å². The van der Waals surface area contributed by atoms with Gasteiger partial charge in [0.25, 0.3) is 0 Å². The van der Waals surface area contributed by atoms with Crippen LogP contribution in [0.3, 0.4) is 0 Å². The molecule has 1 N–H and O–H groups in total. The molecule has 7 nitrogen and oxygen atoms in total. The molecule has 0 atom stereocenters. The molecule has 0 bridgehead atoms. The maximum Gasteiger partial charge on any atom is 0.212 e. The molecule has 0 spiro atoms. The smallest absolute Gasteiger partial charge is 0.212 e. The molecule has 0 saturated carbocycles. The van der Waals surface area contributed by atoms with Crippen molar-refractivity contribution < 1.29 is 0 Å². The number of rotatable bonds is 2. The van der Waals surface area contributed by atoms with Gasteiger partial charge in [0.1, 0.15) is 16.6 Å². The number of aromatic nitrogens is 5. The van der Waals surface area contributed by atoms with E-state index in [0.717, 1.165) is 58.1 Å². The van der Waals surface area contributed by atoms with Crippen LogP contribution in [-0.4, -0.2) is 37.5 Å². The molecule has 4 heterocycles. The number of nitrogens with zero attached hydrogens (tertiary/aromatic N) is 6. The molecule has 1 aromatic carbocycles. The van der Waals surface area contributed by atoms with Crippen molar-refractivity contribution in [2.45, 2.75) is 18.8 Å². The van der Waals surface area contributed by atoms with Crippen LogP contribution in [0.4, 0.5) is 0 Å². The van der Waals surface area contributed by atoms with Gasteiger partial charge >= 0.3 is 0 Å².